The summed E-state index contributed by atoms with van der Waals surface area (Å²) in [5, 5.41) is 6.48. The molecular weight excluding hydrogens is 264 g/mol. The molecule has 0 aliphatic carbocycles. The Morgan fingerprint density at radius 2 is 2.21 bits per heavy atom. The van der Waals surface area contributed by atoms with Crippen LogP contribution in [0.1, 0.15) is 39.0 Å². The zero-order valence-electron chi connectivity index (χ0n) is 11.3. The van der Waals surface area contributed by atoms with Crippen molar-refractivity contribution < 1.29 is 14.3 Å². The fourth-order valence-corrected chi connectivity index (χ4v) is 4.10. The van der Waals surface area contributed by atoms with Crippen molar-refractivity contribution in [2.75, 3.05) is 12.4 Å². The van der Waals surface area contributed by atoms with E-state index in [1.807, 2.05) is 11.8 Å². The number of hydrogen-bond donors (Lipinski definition) is 2. The summed E-state index contributed by atoms with van der Waals surface area (Å²) in [6, 6.07) is 0.593. The Balaban J connectivity index is 1.54. The molecule has 2 rings (SSSR count). The molecule has 5 nitrogen and oxygen atoms in total. The summed E-state index contributed by atoms with van der Waals surface area (Å²) in [7, 11) is 0. The lowest BCUT2D eigenvalue weighted by Gasteiger charge is -2.16. The van der Waals surface area contributed by atoms with Crippen molar-refractivity contribution in [1.29, 1.82) is 0 Å². The Kier molecular flexibility index (Phi) is 5.36. The quantitative estimate of drug-likeness (QED) is 0.424. The van der Waals surface area contributed by atoms with Crippen LogP contribution in [0.4, 0.5) is 4.79 Å². The predicted molar refractivity (Wildman–Crippen MR) is 75.2 cm³/mol. The number of urea groups is 1. The minimum Gasteiger partial charge on any atom is -0.466 e. The predicted octanol–water partition coefficient (Wildman–Crippen LogP) is 1.67. The van der Waals surface area contributed by atoms with Gasteiger partial charge in [-0.25, -0.2) is 4.79 Å². The van der Waals surface area contributed by atoms with Gasteiger partial charge in [-0.2, -0.15) is 11.8 Å². The first-order valence-corrected chi connectivity index (χ1v) is 8.10. The van der Waals surface area contributed by atoms with Crippen LogP contribution in [-0.4, -0.2) is 41.7 Å². The van der Waals surface area contributed by atoms with E-state index in [-0.39, 0.29) is 12.0 Å². The molecule has 0 unspecified atom stereocenters. The number of thioether (sulfide) groups is 1. The molecule has 2 saturated heterocycles. The minimum atomic E-state index is -0.117. The number of carbonyl (C=O) groups excluding carboxylic acids is 2. The molecule has 19 heavy (non-hydrogen) atoms. The third kappa shape index (κ3) is 4.03. The first kappa shape index (κ1) is 14.5. The molecule has 0 saturated carbocycles. The molecule has 0 bridgehead atoms. The van der Waals surface area contributed by atoms with E-state index in [0.717, 1.165) is 31.4 Å². The van der Waals surface area contributed by atoms with Crippen molar-refractivity contribution in [2.45, 2.75) is 56.4 Å². The lowest BCUT2D eigenvalue weighted by atomic mass is 10.0. The largest absolute Gasteiger partial charge is 0.466 e. The summed E-state index contributed by atoms with van der Waals surface area (Å²) in [5.74, 6) is 0.899. The Labute approximate surface area is 118 Å². The number of unbranched alkanes of at least 4 members (excludes halogenated alkanes) is 2. The molecule has 0 aromatic carbocycles. The second-order valence-corrected chi connectivity index (χ2v) is 6.32. The standard InChI is InChI=1S/C13H22N2O3S/c1-2-11(16)18-7-5-3-4-6-10-12-9(8-19-10)14-13(17)15-12/h9-10,12H,2-8H2,1H3,(H2,14,15,17)/t9-,10-,12-/m0/s1. The fraction of sp³-hybridized carbons (Fsp3) is 0.846. The smallest absolute Gasteiger partial charge is 0.315 e. The zero-order valence-corrected chi connectivity index (χ0v) is 12.1. The highest BCUT2D eigenvalue weighted by Gasteiger charge is 2.42. The Morgan fingerprint density at radius 3 is 3.00 bits per heavy atom. The van der Waals surface area contributed by atoms with Gasteiger partial charge >= 0.3 is 12.0 Å². The van der Waals surface area contributed by atoms with E-state index in [2.05, 4.69) is 10.6 Å². The normalized spacial score (nSPS) is 28.7. The van der Waals surface area contributed by atoms with Crippen LogP contribution in [-0.2, 0) is 9.53 Å². The van der Waals surface area contributed by atoms with Crippen LogP contribution in [0.25, 0.3) is 0 Å². The molecule has 6 heteroatoms. The highest BCUT2D eigenvalue weighted by molar-refractivity contribution is 8.00. The van der Waals surface area contributed by atoms with Gasteiger partial charge < -0.3 is 15.4 Å². The summed E-state index contributed by atoms with van der Waals surface area (Å²) >= 11 is 1.95. The highest BCUT2D eigenvalue weighted by atomic mass is 32.2. The van der Waals surface area contributed by atoms with Gasteiger partial charge in [0.25, 0.3) is 0 Å². The first-order valence-electron chi connectivity index (χ1n) is 7.05. The summed E-state index contributed by atoms with van der Waals surface area (Å²) in [6.07, 6.45) is 4.71. The molecule has 2 fully saturated rings. The van der Waals surface area contributed by atoms with E-state index in [1.165, 1.54) is 0 Å². The number of ether oxygens (including phenoxy) is 1. The van der Waals surface area contributed by atoms with Crippen molar-refractivity contribution in [3.63, 3.8) is 0 Å². The molecule has 2 amide bonds. The number of carbonyl (C=O) groups is 2. The molecule has 2 N–H and O–H groups in total. The second kappa shape index (κ2) is 7.03. The molecule has 2 aliphatic rings. The number of nitrogens with one attached hydrogen (secondary N) is 2. The first-order chi connectivity index (χ1) is 9.20. The molecule has 108 valence electrons. The van der Waals surface area contributed by atoms with Crippen LogP contribution in [0.3, 0.4) is 0 Å². The maximum absolute atomic E-state index is 11.2. The van der Waals surface area contributed by atoms with Gasteiger partial charge in [0.2, 0.25) is 0 Å². The molecule has 2 heterocycles. The average Bonchev–Trinajstić information content (AvgIpc) is 2.93. The minimum absolute atomic E-state index is 0.0215. The Morgan fingerprint density at radius 1 is 1.37 bits per heavy atom. The topological polar surface area (TPSA) is 67.4 Å². The van der Waals surface area contributed by atoms with E-state index >= 15 is 0 Å². The number of esters is 1. The van der Waals surface area contributed by atoms with Crippen LogP contribution >= 0.6 is 11.8 Å². The Hall–Kier alpha value is -0.910. The molecule has 0 aromatic rings. The van der Waals surface area contributed by atoms with E-state index in [1.54, 1.807) is 6.92 Å². The van der Waals surface area contributed by atoms with Gasteiger partial charge in [-0.1, -0.05) is 19.8 Å². The summed E-state index contributed by atoms with van der Waals surface area (Å²) in [6.45, 7) is 2.34. The van der Waals surface area contributed by atoms with E-state index < -0.39 is 0 Å². The van der Waals surface area contributed by atoms with Gasteiger partial charge in [-0.15, -0.1) is 0 Å². The number of hydrogen-bond acceptors (Lipinski definition) is 4. The van der Waals surface area contributed by atoms with Crippen LogP contribution < -0.4 is 10.6 Å². The van der Waals surface area contributed by atoms with Gasteiger partial charge in [-0.05, 0) is 12.8 Å². The number of amides is 2. The van der Waals surface area contributed by atoms with Crippen LogP contribution in [0.15, 0.2) is 0 Å². The molecule has 2 aliphatic heterocycles. The zero-order chi connectivity index (χ0) is 13.7. The van der Waals surface area contributed by atoms with Gasteiger partial charge in [0, 0.05) is 17.4 Å². The van der Waals surface area contributed by atoms with E-state index in [4.69, 9.17) is 4.74 Å². The maximum atomic E-state index is 11.2. The second-order valence-electron chi connectivity index (χ2n) is 5.05. The van der Waals surface area contributed by atoms with Gasteiger partial charge in [0.05, 0.1) is 18.7 Å². The fourth-order valence-electron chi connectivity index (χ4n) is 2.56. The molecule has 0 aromatic heterocycles. The summed E-state index contributed by atoms with van der Waals surface area (Å²) in [4.78, 5) is 22.2. The van der Waals surface area contributed by atoms with Crippen molar-refractivity contribution in [2.24, 2.45) is 0 Å². The average molecular weight is 286 g/mol. The molecular formula is C13H22N2O3S. The van der Waals surface area contributed by atoms with Gasteiger partial charge in [0.1, 0.15) is 0 Å². The number of fused-ring (bicyclic) bond motifs is 1. The Bertz CT molecular complexity index is 338. The van der Waals surface area contributed by atoms with Crippen LogP contribution in [0.5, 0.6) is 0 Å². The summed E-state index contributed by atoms with van der Waals surface area (Å²) < 4.78 is 5.04. The van der Waals surface area contributed by atoms with E-state index in [0.29, 0.717) is 30.4 Å². The molecule has 3 atom stereocenters. The number of rotatable bonds is 7. The third-order valence-corrected chi connectivity index (χ3v) is 5.13. The van der Waals surface area contributed by atoms with Gasteiger partial charge in [0.15, 0.2) is 0 Å². The van der Waals surface area contributed by atoms with Gasteiger partial charge in [-0.3, -0.25) is 4.79 Å². The SMILES string of the molecule is CCC(=O)OCCCCC[C@@H]1SC[C@@H]2NC(=O)N[C@@H]21. The van der Waals surface area contributed by atoms with Crippen LogP contribution in [0.2, 0.25) is 0 Å². The molecule has 0 spiro atoms. The van der Waals surface area contributed by atoms with Crippen LogP contribution in [0, 0.1) is 0 Å². The highest BCUT2D eigenvalue weighted by Crippen LogP contribution is 2.33. The van der Waals surface area contributed by atoms with Crippen molar-refractivity contribution in [3.8, 4) is 0 Å². The molecule has 0 radical (unpaired) electrons. The monoisotopic (exact) mass is 286 g/mol. The lowest BCUT2D eigenvalue weighted by molar-refractivity contribution is -0.143. The van der Waals surface area contributed by atoms with Crippen molar-refractivity contribution in [1.82, 2.24) is 10.6 Å². The van der Waals surface area contributed by atoms with Crippen molar-refractivity contribution in [3.05, 3.63) is 0 Å². The maximum Gasteiger partial charge on any atom is 0.315 e. The summed E-state index contributed by atoms with van der Waals surface area (Å²) in [5.41, 5.74) is 0. The van der Waals surface area contributed by atoms with E-state index in [9.17, 15) is 9.59 Å². The van der Waals surface area contributed by atoms with Crippen molar-refractivity contribution >= 4 is 23.8 Å². The lowest BCUT2D eigenvalue weighted by Crippen LogP contribution is -2.36. The third-order valence-electron chi connectivity index (χ3n) is 3.62.